The van der Waals surface area contributed by atoms with Gasteiger partial charge in [-0.2, -0.15) is 0 Å². The molecule has 0 saturated carbocycles. The molecule has 1 fully saturated rings. The Labute approximate surface area is 190 Å². The number of carbonyl (C=O) groups is 2. The van der Waals surface area contributed by atoms with Crippen LogP contribution in [0.4, 0.5) is 16.3 Å². The van der Waals surface area contributed by atoms with E-state index < -0.39 is 6.04 Å². The Bertz CT molecular complexity index is 1140. The van der Waals surface area contributed by atoms with Crippen LogP contribution in [0, 0.1) is 0 Å². The van der Waals surface area contributed by atoms with Gasteiger partial charge in [-0.3, -0.25) is 4.79 Å². The Balaban J connectivity index is 1.48. The van der Waals surface area contributed by atoms with Gasteiger partial charge in [-0.15, -0.1) is 0 Å². The summed E-state index contributed by atoms with van der Waals surface area (Å²) in [5.74, 6) is 0.241. The first-order valence-corrected chi connectivity index (χ1v) is 10.4. The molecular formula is C22H23ClN6O3. The summed E-state index contributed by atoms with van der Waals surface area (Å²) in [5.41, 5.74) is 8.13. The molecule has 32 heavy (non-hydrogen) atoms. The van der Waals surface area contributed by atoms with E-state index in [4.69, 9.17) is 22.1 Å². The number of hydrogen-bond acceptors (Lipinski definition) is 6. The number of ether oxygens (including phenoxy) is 1. The van der Waals surface area contributed by atoms with Crippen LogP contribution in [0.25, 0.3) is 10.9 Å². The molecule has 10 heteroatoms. The van der Waals surface area contributed by atoms with E-state index in [-0.39, 0.29) is 18.5 Å². The van der Waals surface area contributed by atoms with Crippen molar-refractivity contribution in [2.24, 2.45) is 0 Å². The number of nitrogens with one attached hydrogen (secondary N) is 1. The van der Waals surface area contributed by atoms with Crippen LogP contribution in [0.1, 0.15) is 5.56 Å². The van der Waals surface area contributed by atoms with Crippen molar-refractivity contribution < 1.29 is 14.3 Å². The number of urea groups is 1. The number of nitrogens with zero attached hydrogens (tertiary/aromatic N) is 4. The fraction of sp³-hybridized carbons (Fsp3) is 0.273. The first-order chi connectivity index (χ1) is 15.5. The third-order valence-corrected chi connectivity index (χ3v) is 5.62. The third kappa shape index (κ3) is 4.58. The number of aromatic nitrogens is 2. The van der Waals surface area contributed by atoms with Crippen LogP contribution in [0.2, 0.25) is 5.02 Å². The average Bonchev–Trinajstić information content (AvgIpc) is 2.78. The molecule has 1 atom stereocenters. The third-order valence-electron chi connectivity index (χ3n) is 5.37. The molecule has 9 nitrogen and oxygen atoms in total. The maximum absolute atomic E-state index is 13.2. The summed E-state index contributed by atoms with van der Waals surface area (Å²) in [6.45, 7) is 1.27. The summed E-state index contributed by atoms with van der Waals surface area (Å²) >= 11 is 5.90. The second-order valence-corrected chi connectivity index (χ2v) is 7.91. The summed E-state index contributed by atoms with van der Waals surface area (Å²) in [7, 11) is 1.51. The molecule has 0 bridgehead atoms. The molecule has 1 aliphatic rings. The first kappa shape index (κ1) is 21.8. The van der Waals surface area contributed by atoms with E-state index in [1.54, 1.807) is 29.2 Å². The lowest BCUT2D eigenvalue weighted by atomic mass is 10.1. The number of piperazine rings is 1. The second kappa shape index (κ2) is 9.37. The molecule has 4 rings (SSSR count). The number of amides is 3. The van der Waals surface area contributed by atoms with E-state index in [1.807, 2.05) is 18.2 Å². The van der Waals surface area contributed by atoms with Gasteiger partial charge in [0.15, 0.2) is 0 Å². The Morgan fingerprint density at radius 3 is 2.75 bits per heavy atom. The number of nitrogen functional groups attached to an aromatic ring is 1. The van der Waals surface area contributed by atoms with Crippen molar-refractivity contribution in [3.8, 4) is 0 Å². The lowest BCUT2D eigenvalue weighted by Gasteiger charge is -2.40. The summed E-state index contributed by atoms with van der Waals surface area (Å²) in [5, 5.41) is 4.16. The highest BCUT2D eigenvalue weighted by Gasteiger charge is 2.37. The summed E-state index contributed by atoms with van der Waals surface area (Å²) in [6.07, 6.45) is 1.42. The van der Waals surface area contributed by atoms with Crippen molar-refractivity contribution in [3.05, 3.63) is 59.4 Å². The molecule has 2 heterocycles. The highest BCUT2D eigenvalue weighted by molar-refractivity contribution is 6.30. The number of anilines is 2. The Morgan fingerprint density at radius 1 is 1.22 bits per heavy atom. The molecule has 0 aliphatic carbocycles. The fourth-order valence-corrected chi connectivity index (χ4v) is 3.85. The fourth-order valence-electron chi connectivity index (χ4n) is 3.73. The summed E-state index contributed by atoms with van der Waals surface area (Å²) in [4.78, 5) is 37.5. The molecule has 3 aromatic rings. The largest absolute Gasteiger partial charge is 0.383 e. The van der Waals surface area contributed by atoms with Crippen LogP contribution >= 0.6 is 11.6 Å². The number of nitrogens with two attached hydrogens (primary N) is 1. The standard InChI is InChI=1S/C22H23ClN6O3/c1-32-12-19-21(30)28(11-14-2-7-17-18(10-14)25-13-26-20(17)24)8-9-29(19)22(31)27-16-5-3-15(23)4-6-16/h2-7,10,13,19H,8-9,11-12H2,1H3,(H,27,31)(H2,24,25,26)/t19-/m0/s1. The van der Waals surface area contributed by atoms with Gasteiger partial charge in [0.05, 0.1) is 12.1 Å². The van der Waals surface area contributed by atoms with Crippen LogP contribution in [-0.2, 0) is 16.1 Å². The van der Waals surface area contributed by atoms with Gasteiger partial charge in [0, 0.05) is 42.8 Å². The smallest absolute Gasteiger partial charge is 0.322 e. The van der Waals surface area contributed by atoms with Gasteiger partial charge in [-0.1, -0.05) is 17.7 Å². The van der Waals surface area contributed by atoms with E-state index in [2.05, 4.69) is 15.3 Å². The molecule has 0 radical (unpaired) electrons. The zero-order valence-electron chi connectivity index (χ0n) is 17.5. The topological polar surface area (TPSA) is 114 Å². The van der Waals surface area contributed by atoms with E-state index in [0.29, 0.717) is 36.2 Å². The van der Waals surface area contributed by atoms with Crippen LogP contribution in [0.3, 0.4) is 0 Å². The lowest BCUT2D eigenvalue weighted by Crippen LogP contribution is -2.60. The molecule has 166 valence electrons. The molecular weight excluding hydrogens is 432 g/mol. The Hall–Kier alpha value is -3.43. The number of carbonyl (C=O) groups excluding carboxylic acids is 2. The Kier molecular flexibility index (Phi) is 6.38. The normalized spacial score (nSPS) is 16.4. The van der Waals surface area contributed by atoms with Crippen LogP contribution in [0.5, 0.6) is 0 Å². The number of hydrogen-bond donors (Lipinski definition) is 2. The zero-order valence-corrected chi connectivity index (χ0v) is 18.2. The second-order valence-electron chi connectivity index (χ2n) is 7.47. The average molecular weight is 455 g/mol. The molecule has 1 aliphatic heterocycles. The van der Waals surface area contributed by atoms with Crippen molar-refractivity contribution in [2.75, 3.05) is 37.9 Å². The molecule has 0 unspecified atom stereocenters. The van der Waals surface area contributed by atoms with E-state index in [9.17, 15) is 9.59 Å². The molecule has 0 spiro atoms. The predicted octanol–water partition coefficient (Wildman–Crippen LogP) is 2.76. The van der Waals surface area contributed by atoms with E-state index >= 15 is 0 Å². The highest BCUT2D eigenvalue weighted by atomic mass is 35.5. The van der Waals surface area contributed by atoms with Crippen molar-refractivity contribution in [1.82, 2.24) is 19.8 Å². The van der Waals surface area contributed by atoms with Crippen molar-refractivity contribution >= 4 is 45.9 Å². The maximum atomic E-state index is 13.2. The van der Waals surface area contributed by atoms with Crippen molar-refractivity contribution in [1.29, 1.82) is 0 Å². The van der Waals surface area contributed by atoms with E-state index in [1.165, 1.54) is 18.3 Å². The number of rotatable bonds is 5. The number of benzene rings is 2. The van der Waals surface area contributed by atoms with Gasteiger partial charge in [-0.05, 0) is 42.0 Å². The lowest BCUT2D eigenvalue weighted by molar-refractivity contribution is -0.142. The van der Waals surface area contributed by atoms with Crippen LogP contribution in [0.15, 0.2) is 48.8 Å². The van der Waals surface area contributed by atoms with E-state index in [0.717, 1.165) is 16.5 Å². The molecule has 3 N–H and O–H groups in total. The van der Waals surface area contributed by atoms with Crippen molar-refractivity contribution in [2.45, 2.75) is 12.6 Å². The van der Waals surface area contributed by atoms with Crippen LogP contribution in [-0.4, -0.2) is 64.6 Å². The minimum atomic E-state index is -0.723. The number of fused-ring (bicyclic) bond motifs is 1. The monoisotopic (exact) mass is 454 g/mol. The highest BCUT2D eigenvalue weighted by Crippen LogP contribution is 2.22. The van der Waals surface area contributed by atoms with Gasteiger partial charge >= 0.3 is 6.03 Å². The minimum absolute atomic E-state index is 0.102. The summed E-state index contributed by atoms with van der Waals surface area (Å²) < 4.78 is 5.25. The van der Waals surface area contributed by atoms with Gasteiger partial charge in [0.1, 0.15) is 18.2 Å². The van der Waals surface area contributed by atoms with Crippen LogP contribution < -0.4 is 11.1 Å². The van der Waals surface area contributed by atoms with Gasteiger partial charge < -0.3 is 25.6 Å². The zero-order chi connectivity index (χ0) is 22.7. The number of methoxy groups -OCH3 is 1. The summed E-state index contributed by atoms with van der Waals surface area (Å²) in [6, 6.07) is 11.4. The number of halogens is 1. The Morgan fingerprint density at radius 2 is 2.00 bits per heavy atom. The minimum Gasteiger partial charge on any atom is -0.383 e. The molecule has 2 aromatic carbocycles. The first-order valence-electron chi connectivity index (χ1n) is 10.1. The quantitative estimate of drug-likeness (QED) is 0.612. The maximum Gasteiger partial charge on any atom is 0.322 e. The van der Waals surface area contributed by atoms with Crippen molar-refractivity contribution in [3.63, 3.8) is 0 Å². The van der Waals surface area contributed by atoms with Gasteiger partial charge in [0.25, 0.3) is 0 Å². The predicted molar refractivity (Wildman–Crippen MR) is 122 cm³/mol. The molecule has 3 amide bonds. The van der Waals surface area contributed by atoms with Gasteiger partial charge in [-0.25, -0.2) is 14.8 Å². The molecule has 1 aromatic heterocycles. The SMILES string of the molecule is COC[C@H]1C(=O)N(Cc2ccc3c(N)ncnc3c2)CCN1C(=O)Nc1ccc(Cl)cc1. The van der Waals surface area contributed by atoms with Gasteiger partial charge in [0.2, 0.25) is 5.91 Å². The molecule has 1 saturated heterocycles.